The van der Waals surface area contributed by atoms with Crippen molar-refractivity contribution in [1.82, 2.24) is 4.57 Å². The number of carboxylic acids is 1. The van der Waals surface area contributed by atoms with Crippen LogP contribution in [0.25, 0.3) is 10.9 Å². The van der Waals surface area contributed by atoms with E-state index < -0.39 is 24.5 Å². The molecule has 4 aromatic rings. The summed E-state index contributed by atoms with van der Waals surface area (Å²) in [5.74, 6) is -2.42. The number of halogens is 6. The van der Waals surface area contributed by atoms with Crippen molar-refractivity contribution in [2.24, 2.45) is 0 Å². The third-order valence-electron chi connectivity index (χ3n) is 6.14. The van der Waals surface area contributed by atoms with E-state index in [1.807, 2.05) is 0 Å². The molecule has 4 rings (SSSR count). The third-order valence-corrected chi connectivity index (χ3v) is 8.69. The highest BCUT2D eigenvalue weighted by Crippen LogP contribution is 2.47. The predicted molar refractivity (Wildman–Crippen MR) is 156 cm³/mol. The van der Waals surface area contributed by atoms with Crippen LogP contribution in [0.3, 0.4) is 0 Å². The van der Waals surface area contributed by atoms with Crippen LogP contribution < -0.4 is 4.74 Å². The summed E-state index contributed by atoms with van der Waals surface area (Å²) in [6.07, 6.45) is -2.37. The summed E-state index contributed by atoms with van der Waals surface area (Å²) in [6.45, 7) is 1.66. The van der Waals surface area contributed by atoms with Crippen LogP contribution in [-0.2, 0) is 20.7 Å². The number of ether oxygens (including phenoxy) is 2. The number of benzene rings is 3. The van der Waals surface area contributed by atoms with Gasteiger partial charge in [0.25, 0.3) is 5.91 Å². The molecule has 1 aromatic heterocycles. The Morgan fingerprint density at radius 2 is 1.45 bits per heavy atom. The lowest BCUT2D eigenvalue weighted by Crippen LogP contribution is -2.22. The quantitative estimate of drug-likeness (QED) is 0.121. The Kier molecular flexibility index (Phi) is 9.15. The number of carboxylic acid groups (broad SMARTS) is 1. The number of fused-ring (bicyclic) bond motifs is 1. The molecule has 1 unspecified atom stereocenters. The van der Waals surface area contributed by atoms with E-state index in [4.69, 9.17) is 79.1 Å². The molecule has 1 atom stereocenters. The maximum atomic E-state index is 13.5. The van der Waals surface area contributed by atoms with Crippen molar-refractivity contribution in [1.29, 1.82) is 0 Å². The monoisotopic (exact) mass is 661 g/mol. The molecule has 7 nitrogen and oxygen atoms in total. The molecule has 1 N–H and O–H groups in total. The smallest absolute Gasteiger partial charge is 0.349 e. The van der Waals surface area contributed by atoms with Crippen LogP contribution in [0.15, 0.2) is 42.5 Å². The van der Waals surface area contributed by atoms with Crippen molar-refractivity contribution in [2.45, 2.75) is 19.4 Å². The molecular formula is C27H17Cl6NO6. The summed E-state index contributed by atoms with van der Waals surface area (Å²) < 4.78 is 12.1. The van der Waals surface area contributed by atoms with Gasteiger partial charge in [0.15, 0.2) is 0 Å². The first-order chi connectivity index (χ1) is 18.9. The first-order valence-electron chi connectivity index (χ1n) is 11.3. The van der Waals surface area contributed by atoms with Gasteiger partial charge in [-0.05, 0) is 55.0 Å². The number of carbonyl (C=O) groups is 3. The summed E-state index contributed by atoms with van der Waals surface area (Å²) in [5, 5.41) is 9.53. The molecule has 0 radical (unpaired) electrons. The summed E-state index contributed by atoms with van der Waals surface area (Å²) in [5.41, 5.74) is 1.37. The highest BCUT2D eigenvalue weighted by molar-refractivity contribution is 6.55. The van der Waals surface area contributed by atoms with E-state index >= 15 is 0 Å². The van der Waals surface area contributed by atoms with Crippen molar-refractivity contribution in [2.75, 3.05) is 7.11 Å². The van der Waals surface area contributed by atoms with Gasteiger partial charge in [-0.1, -0.05) is 69.6 Å². The average Bonchev–Trinajstić information content (AvgIpc) is 3.20. The second kappa shape index (κ2) is 12.1. The molecule has 1 heterocycles. The lowest BCUT2D eigenvalue weighted by Gasteiger charge is -2.19. The number of aliphatic carboxylic acids is 1. The van der Waals surface area contributed by atoms with Gasteiger partial charge in [0.1, 0.15) is 5.75 Å². The Morgan fingerprint density at radius 1 is 0.875 bits per heavy atom. The molecule has 3 aromatic carbocycles. The van der Waals surface area contributed by atoms with E-state index in [0.29, 0.717) is 38.5 Å². The van der Waals surface area contributed by atoms with Crippen LogP contribution in [0.4, 0.5) is 0 Å². The largest absolute Gasteiger partial charge is 0.497 e. The van der Waals surface area contributed by atoms with Gasteiger partial charge in [-0.3, -0.25) is 14.2 Å². The number of methoxy groups -OCH3 is 1. The van der Waals surface area contributed by atoms with Gasteiger partial charge >= 0.3 is 11.9 Å². The summed E-state index contributed by atoms with van der Waals surface area (Å²) >= 11 is 36.6. The van der Waals surface area contributed by atoms with Crippen LogP contribution in [0.5, 0.6) is 5.75 Å². The zero-order chi connectivity index (χ0) is 29.5. The van der Waals surface area contributed by atoms with E-state index in [-0.39, 0.29) is 36.6 Å². The highest BCUT2D eigenvalue weighted by atomic mass is 35.5. The van der Waals surface area contributed by atoms with E-state index in [2.05, 4.69) is 0 Å². The molecular weight excluding hydrogens is 647 g/mol. The van der Waals surface area contributed by atoms with Gasteiger partial charge in [-0.15, -0.1) is 0 Å². The number of rotatable bonds is 7. The maximum Gasteiger partial charge on any atom is 0.349 e. The van der Waals surface area contributed by atoms with Crippen molar-refractivity contribution in [3.63, 3.8) is 0 Å². The highest BCUT2D eigenvalue weighted by Gasteiger charge is 2.33. The Hall–Kier alpha value is -2.65. The molecule has 0 saturated carbocycles. The molecule has 0 aliphatic rings. The number of nitrogens with zero attached hydrogens (tertiary/aromatic N) is 1. The van der Waals surface area contributed by atoms with Gasteiger partial charge in [-0.25, -0.2) is 4.79 Å². The van der Waals surface area contributed by atoms with Crippen LogP contribution in [0.1, 0.15) is 33.3 Å². The van der Waals surface area contributed by atoms with Crippen LogP contribution in [0.2, 0.25) is 30.1 Å². The lowest BCUT2D eigenvalue weighted by molar-refractivity contribution is -0.164. The van der Waals surface area contributed by atoms with Gasteiger partial charge < -0.3 is 14.6 Å². The first kappa shape index (κ1) is 30.3. The van der Waals surface area contributed by atoms with Crippen molar-refractivity contribution in [3.8, 4) is 5.75 Å². The molecule has 0 amide bonds. The Labute approximate surface area is 258 Å². The number of aromatic nitrogens is 1. The fraction of sp³-hybridized carbons (Fsp3) is 0.148. The third kappa shape index (κ3) is 5.59. The minimum atomic E-state index is -1.96. The first-order valence-corrected chi connectivity index (χ1v) is 13.6. The van der Waals surface area contributed by atoms with Crippen molar-refractivity contribution in [3.05, 3.63) is 95.0 Å². The molecule has 0 aliphatic carbocycles. The van der Waals surface area contributed by atoms with Crippen molar-refractivity contribution >= 4 is 98.4 Å². The van der Waals surface area contributed by atoms with Crippen LogP contribution in [0, 0.1) is 6.92 Å². The minimum Gasteiger partial charge on any atom is -0.497 e. The Morgan fingerprint density at radius 3 is 2.00 bits per heavy atom. The average molecular weight is 664 g/mol. The SMILES string of the molecule is COc1ccc2c(c1)c(CC(=O)OC(C(=O)O)c1c(Cl)c(Cl)c(Cl)c(Cl)c1Cl)c(C)n2C(=O)c1ccc(Cl)cc1. The lowest BCUT2D eigenvalue weighted by atomic mass is 10.1. The van der Waals surface area contributed by atoms with Crippen molar-refractivity contribution < 1.29 is 29.0 Å². The summed E-state index contributed by atoms with van der Waals surface area (Å²) in [4.78, 5) is 38.8. The minimum absolute atomic E-state index is 0.180. The Balaban J connectivity index is 1.77. The summed E-state index contributed by atoms with van der Waals surface area (Å²) in [6, 6.07) is 11.4. The Bertz CT molecular complexity index is 1650. The fourth-order valence-corrected chi connectivity index (χ4v) is 5.68. The van der Waals surface area contributed by atoms with E-state index in [1.165, 1.54) is 11.7 Å². The molecule has 0 fully saturated rings. The predicted octanol–water partition coefficient (Wildman–Crippen LogP) is 8.48. The van der Waals surface area contributed by atoms with Gasteiger partial charge in [0, 0.05) is 27.2 Å². The normalized spacial score (nSPS) is 11.9. The van der Waals surface area contributed by atoms with Gasteiger partial charge in [0.2, 0.25) is 6.10 Å². The van der Waals surface area contributed by atoms with Gasteiger partial charge in [0.05, 0.1) is 44.2 Å². The zero-order valence-electron chi connectivity index (χ0n) is 20.5. The summed E-state index contributed by atoms with van der Waals surface area (Å²) in [7, 11) is 1.48. The second-order valence-electron chi connectivity index (χ2n) is 8.46. The van der Waals surface area contributed by atoms with E-state index in [0.717, 1.165) is 0 Å². The number of carbonyl (C=O) groups excluding carboxylic acids is 2. The number of esters is 1. The van der Waals surface area contributed by atoms with E-state index in [9.17, 15) is 19.5 Å². The molecule has 0 bridgehead atoms. The topological polar surface area (TPSA) is 94.8 Å². The molecule has 208 valence electrons. The van der Waals surface area contributed by atoms with Crippen LogP contribution >= 0.6 is 69.6 Å². The second-order valence-corrected chi connectivity index (χ2v) is 10.8. The number of hydrogen-bond acceptors (Lipinski definition) is 5. The fourth-order valence-electron chi connectivity index (χ4n) is 4.20. The molecule has 0 spiro atoms. The maximum absolute atomic E-state index is 13.5. The number of hydrogen-bond donors (Lipinski definition) is 1. The standard InChI is InChI=1S/C27H17Cl6NO6/c1-11-15(10-18(35)40-25(27(37)38)19-20(29)22(31)24(33)23(32)21(19)30)16-9-14(39-2)7-8-17(16)34(11)26(36)12-3-5-13(28)6-4-12/h3-9,25H,10H2,1-2H3,(H,37,38). The molecule has 0 saturated heterocycles. The molecule has 13 heteroatoms. The molecule has 40 heavy (non-hydrogen) atoms. The zero-order valence-corrected chi connectivity index (χ0v) is 25.1. The molecule has 0 aliphatic heterocycles. The van der Waals surface area contributed by atoms with E-state index in [1.54, 1.807) is 49.4 Å². The van der Waals surface area contributed by atoms with Crippen LogP contribution in [-0.4, -0.2) is 34.6 Å². The van der Waals surface area contributed by atoms with Gasteiger partial charge in [-0.2, -0.15) is 0 Å².